The fourth-order valence-corrected chi connectivity index (χ4v) is 1.68. The van der Waals surface area contributed by atoms with E-state index in [-0.39, 0.29) is 5.78 Å². The molecule has 1 rings (SSSR count). The molecular formula is C13H20N2O2. The lowest BCUT2D eigenvalue weighted by Crippen LogP contribution is -2.39. The summed E-state index contributed by atoms with van der Waals surface area (Å²) in [4.78, 5) is 16.1. The van der Waals surface area contributed by atoms with Gasteiger partial charge in [-0.2, -0.15) is 0 Å². The summed E-state index contributed by atoms with van der Waals surface area (Å²) in [6, 6.07) is 3.52. The third-order valence-corrected chi connectivity index (χ3v) is 2.94. The van der Waals surface area contributed by atoms with Crippen LogP contribution in [0.4, 0.5) is 5.82 Å². The standard InChI is InChI=1S/C13H20N2O2/c1-4-13(3,17-5-2)11(16)8-10-6-7-15-12(14)9-10/h6-7,9H,4-5,8H2,1-3H3,(H2,14,15). The average Bonchev–Trinajstić information content (AvgIpc) is 2.29. The van der Waals surface area contributed by atoms with Crippen LogP contribution < -0.4 is 5.73 Å². The number of hydrogen-bond acceptors (Lipinski definition) is 4. The van der Waals surface area contributed by atoms with Gasteiger partial charge in [0.2, 0.25) is 0 Å². The largest absolute Gasteiger partial charge is 0.384 e. The Morgan fingerprint density at radius 2 is 2.24 bits per heavy atom. The van der Waals surface area contributed by atoms with Crippen molar-refractivity contribution in [2.24, 2.45) is 0 Å². The van der Waals surface area contributed by atoms with E-state index < -0.39 is 5.60 Å². The van der Waals surface area contributed by atoms with Gasteiger partial charge in [-0.25, -0.2) is 4.98 Å². The number of ketones is 1. The normalized spacial score (nSPS) is 14.3. The molecule has 0 saturated heterocycles. The number of pyridine rings is 1. The molecule has 0 aliphatic heterocycles. The van der Waals surface area contributed by atoms with E-state index in [1.807, 2.05) is 20.8 Å². The summed E-state index contributed by atoms with van der Waals surface area (Å²) in [5.74, 6) is 0.511. The van der Waals surface area contributed by atoms with E-state index >= 15 is 0 Å². The number of hydrogen-bond donors (Lipinski definition) is 1. The minimum absolute atomic E-state index is 0.0763. The third kappa shape index (κ3) is 3.53. The molecule has 0 aliphatic rings. The highest BCUT2D eigenvalue weighted by molar-refractivity contribution is 5.88. The SMILES string of the molecule is CCOC(C)(CC)C(=O)Cc1ccnc(N)c1. The fraction of sp³-hybridized carbons (Fsp3) is 0.538. The lowest BCUT2D eigenvalue weighted by atomic mass is 9.92. The molecule has 94 valence electrons. The molecule has 4 nitrogen and oxygen atoms in total. The number of Topliss-reactive ketones (excluding diaryl/α,β-unsaturated/α-hetero) is 1. The van der Waals surface area contributed by atoms with E-state index in [0.717, 1.165) is 5.56 Å². The van der Waals surface area contributed by atoms with Crippen molar-refractivity contribution in [1.82, 2.24) is 4.98 Å². The molecule has 0 aromatic carbocycles. The van der Waals surface area contributed by atoms with Gasteiger partial charge < -0.3 is 10.5 Å². The molecule has 1 aromatic rings. The number of anilines is 1. The predicted octanol–water partition coefficient (Wildman–Crippen LogP) is 1.98. The number of carbonyl (C=O) groups is 1. The Morgan fingerprint density at radius 1 is 1.53 bits per heavy atom. The first-order valence-electron chi connectivity index (χ1n) is 5.89. The van der Waals surface area contributed by atoms with Gasteiger partial charge in [0, 0.05) is 19.2 Å². The van der Waals surface area contributed by atoms with Crippen LogP contribution in [-0.4, -0.2) is 23.0 Å². The Balaban J connectivity index is 2.77. The second-order valence-electron chi connectivity index (χ2n) is 4.21. The third-order valence-electron chi connectivity index (χ3n) is 2.94. The van der Waals surface area contributed by atoms with Crippen LogP contribution in [0.25, 0.3) is 0 Å². The molecule has 0 amide bonds. The fourth-order valence-electron chi connectivity index (χ4n) is 1.68. The zero-order valence-corrected chi connectivity index (χ0v) is 10.7. The van der Waals surface area contributed by atoms with Crippen molar-refractivity contribution in [3.05, 3.63) is 23.9 Å². The van der Waals surface area contributed by atoms with Crippen molar-refractivity contribution >= 4 is 11.6 Å². The van der Waals surface area contributed by atoms with Crippen molar-refractivity contribution in [1.29, 1.82) is 0 Å². The topological polar surface area (TPSA) is 65.2 Å². The monoisotopic (exact) mass is 236 g/mol. The first-order valence-corrected chi connectivity index (χ1v) is 5.89. The number of nitrogens with two attached hydrogens (primary N) is 1. The highest BCUT2D eigenvalue weighted by Gasteiger charge is 2.31. The average molecular weight is 236 g/mol. The van der Waals surface area contributed by atoms with Gasteiger partial charge in [0.05, 0.1) is 0 Å². The zero-order chi connectivity index (χ0) is 12.9. The Kier molecular flexibility index (Phi) is 4.63. The van der Waals surface area contributed by atoms with Crippen molar-refractivity contribution in [2.45, 2.75) is 39.2 Å². The maximum Gasteiger partial charge on any atom is 0.168 e. The van der Waals surface area contributed by atoms with E-state index in [4.69, 9.17) is 10.5 Å². The Bertz CT molecular complexity index is 393. The molecule has 0 spiro atoms. The van der Waals surface area contributed by atoms with Gasteiger partial charge in [0.15, 0.2) is 5.78 Å². The molecule has 0 aliphatic carbocycles. The van der Waals surface area contributed by atoms with E-state index in [2.05, 4.69) is 4.98 Å². The van der Waals surface area contributed by atoms with Crippen LogP contribution in [0.15, 0.2) is 18.3 Å². The van der Waals surface area contributed by atoms with E-state index in [1.165, 1.54) is 0 Å². The number of carbonyl (C=O) groups excluding carboxylic acids is 1. The van der Waals surface area contributed by atoms with Gasteiger partial charge in [-0.15, -0.1) is 0 Å². The lowest BCUT2D eigenvalue weighted by Gasteiger charge is -2.26. The number of ether oxygens (including phenoxy) is 1. The molecule has 2 N–H and O–H groups in total. The zero-order valence-electron chi connectivity index (χ0n) is 10.7. The molecule has 0 radical (unpaired) electrons. The molecule has 17 heavy (non-hydrogen) atoms. The quantitative estimate of drug-likeness (QED) is 0.820. The summed E-state index contributed by atoms with van der Waals surface area (Å²) in [6.07, 6.45) is 2.61. The van der Waals surface area contributed by atoms with Gasteiger partial charge in [0.1, 0.15) is 11.4 Å². The summed E-state index contributed by atoms with van der Waals surface area (Å²) < 4.78 is 5.55. The summed E-state index contributed by atoms with van der Waals surface area (Å²) in [5, 5.41) is 0. The van der Waals surface area contributed by atoms with Crippen molar-refractivity contribution in [3.8, 4) is 0 Å². The molecule has 1 aromatic heterocycles. The maximum atomic E-state index is 12.2. The molecule has 1 heterocycles. The molecular weight excluding hydrogens is 216 g/mol. The summed E-state index contributed by atoms with van der Waals surface area (Å²) in [6.45, 7) is 6.22. The van der Waals surface area contributed by atoms with Crippen molar-refractivity contribution < 1.29 is 9.53 Å². The maximum absolute atomic E-state index is 12.2. The summed E-state index contributed by atoms with van der Waals surface area (Å²) in [5.41, 5.74) is 5.76. The van der Waals surface area contributed by atoms with Gasteiger partial charge in [-0.3, -0.25) is 4.79 Å². The molecule has 1 atom stereocenters. The second-order valence-corrected chi connectivity index (χ2v) is 4.21. The molecule has 0 saturated carbocycles. The van der Waals surface area contributed by atoms with E-state index in [1.54, 1.807) is 18.3 Å². The van der Waals surface area contributed by atoms with Crippen LogP contribution in [0.2, 0.25) is 0 Å². The molecule has 0 fully saturated rings. The molecule has 4 heteroatoms. The van der Waals surface area contributed by atoms with E-state index in [9.17, 15) is 4.79 Å². The smallest absolute Gasteiger partial charge is 0.168 e. The van der Waals surface area contributed by atoms with Gasteiger partial charge in [-0.05, 0) is 38.0 Å². The van der Waals surface area contributed by atoms with Crippen LogP contribution in [0.1, 0.15) is 32.8 Å². The van der Waals surface area contributed by atoms with E-state index in [0.29, 0.717) is 25.3 Å². The van der Waals surface area contributed by atoms with Crippen LogP contribution in [-0.2, 0) is 16.0 Å². The lowest BCUT2D eigenvalue weighted by molar-refractivity contribution is -0.141. The van der Waals surface area contributed by atoms with Crippen LogP contribution in [0.3, 0.4) is 0 Å². The van der Waals surface area contributed by atoms with Crippen molar-refractivity contribution in [3.63, 3.8) is 0 Å². The Hall–Kier alpha value is -1.42. The predicted molar refractivity (Wildman–Crippen MR) is 67.7 cm³/mol. The van der Waals surface area contributed by atoms with Crippen LogP contribution >= 0.6 is 0 Å². The summed E-state index contributed by atoms with van der Waals surface area (Å²) in [7, 11) is 0. The number of nitrogen functional groups attached to an aromatic ring is 1. The highest BCUT2D eigenvalue weighted by Crippen LogP contribution is 2.19. The first-order chi connectivity index (χ1) is 8.01. The Morgan fingerprint density at radius 3 is 2.76 bits per heavy atom. The first kappa shape index (κ1) is 13.6. The van der Waals surface area contributed by atoms with Gasteiger partial charge in [-0.1, -0.05) is 6.92 Å². The Labute approximate surface area is 102 Å². The number of rotatable bonds is 6. The van der Waals surface area contributed by atoms with Crippen LogP contribution in [0.5, 0.6) is 0 Å². The van der Waals surface area contributed by atoms with Crippen LogP contribution in [0, 0.1) is 0 Å². The van der Waals surface area contributed by atoms with Crippen molar-refractivity contribution in [2.75, 3.05) is 12.3 Å². The molecule has 0 bridgehead atoms. The minimum atomic E-state index is -0.702. The minimum Gasteiger partial charge on any atom is -0.384 e. The number of aromatic nitrogens is 1. The molecule has 1 unspecified atom stereocenters. The van der Waals surface area contributed by atoms with Gasteiger partial charge >= 0.3 is 0 Å². The van der Waals surface area contributed by atoms with Gasteiger partial charge in [0.25, 0.3) is 0 Å². The number of nitrogens with zero attached hydrogens (tertiary/aromatic N) is 1. The highest BCUT2D eigenvalue weighted by atomic mass is 16.5. The summed E-state index contributed by atoms with van der Waals surface area (Å²) >= 11 is 0. The second kappa shape index (κ2) is 5.77.